The first-order valence-electron chi connectivity index (χ1n) is 5.61. The van der Waals surface area contributed by atoms with Gasteiger partial charge in [0, 0.05) is 17.4 Å². The van der Waals surface area contributed by atoms with E-state index in [4.69, 9.17) is 11.5 Å². The van der Waals surface area contributed by atoms with E-state index in [-0.39, 0.29) is 18.6 Å². The Morgan fingerprint density at radius 3 is 2.28 bits per heavy atom. The number of rotatable bonds is 4. The Hall–Kier alpha value is -2.24. The molecule has 0 aliphatic carbocycles. The van der Waals surface area contributed by atoms with Gasteiger partial charge >= 0.3 is 6.03 Å². The lowest BCUT2D eigenvalue weighted by Crippen LogP contribution is -2.44. The highest BCUT2D eigenvalue weighted by atomic mass is 16.2. The van der Waals surface area contributed by atoms with Crippen molar-refractivity contribution in [2.24, 2.45) is 5.73 Å². The molecular formula is C12H18N4O2. The monoisotopic (exact) mass is 250 g/mol. The smallest absolute Gasteiger partial charge is 0.322 e. The summed E-state index contributed by atoms with van der Waals surface area (Å²) in [5, 5.41) is 2.68. The average molecular weight is 250 g/mol. The van der Waals surface area contributed by atoms with Crippen LogP contribution in [0.1, 0.15) is 13.8 Å². The van der Waals surface area contributed by atoms with E-state index in [9.17, 15) is 9.59 Å². The molecule has 0 saturated carbocycles. The lowest BCUT2D eigenvalue weighted by atomic mass is 10.3. The molecule has 1 aromatic rings. The number of anilines is 2. The van der Waals surface area contributed by atoms with Crippen LogP contribution in [0, 0.1) is 0 Å². The summed E-state index contributed by atoms with van der Waals surface area (Å²) in [5.74, 6) is -0.545. The summed E-state index contributed by atoms with van der Waals surface area (Å²) in [4.78, 5) is 24.2. The van der Waals surface area contributed by atoms with E-state index in [1.54, 1.807) is 24.3 Å². The molecule has 0 fully saturated rings. The molecule has 98 valence electrons. The first kappa shape index (κ1) is 13.8. The van der Waals surface area contributed by atoms with Crippen LogP contribution in [-0.4, -0.2) is 29.4 Å². The zero-order valence-corrected chi connectivity index (χ0v) is 10.5. The molecule has 0 heterocycles. The molecule has 0 bridgehead atoms. The van der Waals surface area contributed by atoms with Gasteiger partial charge in [-0.1, -0.05) is 0 Å². The van der Waals surface area contributed by atoms with Crippen LogP contribution < -0.4 is 16.8 Å². The highest BCUT2D eigenvalue weighted by Crippen LogP contribution is 2.12. The maximum atomic E-state index is 12.0. The molecule has 0 aliphatic rings. The molecule has 0 spiro atoms. The molecule has 18 heavy (non-hydrogen) atoms. The van der Waals surface area contributed by atoms with Crippen molar-refractivity contribution in [2.45, 2.75) is 19.9 Å². The molecule has 0 aliphatic heterocycles. The van der Waals surface area contributed by atoms with Crippen LogP contribution >= 0.6 is 0 Å². The number of benzene rings is 1. The average Bonchev–Trinajstić information content (AvgIpc) is 2.28. The van der Waals surface area contributed by atoms with Crippen LogP contribution in [0.25, 0.3) is 0 Å². The second-order valence-electron chi connectivity index (χ2n) is 4.24. The van der Waals surface area contributed by atoms with Gasteiger partial charge in [0.25, 0.3) is 0 Å². The number of carbonyl (C=O) groups excluding carboxylic acids is 2. The molecule has 0 atom stereocenters. The Morgan fingerprint density at radius 1 is 1.28 bits per heavy atom. The molecule has 6 heteroatoms. The number of nitrogens with zero attached hydrogens (tertiary/aromatic N) is 1. The standard InChI is InChI=1S/C12H18N4O2/c1-8(2)16(7-11(14)17)12(18)15-10-5-3-9(13)4-6-10/h3-6,8H,7,13H2,1-2H3,(H2,14,17)(H,15,18). The predicted octanol–water partition coefficient (Wildman–Crippen LogP) is 0.996. The minimum Gasteiger partial charge on any atom is -0.399 e. The number of hydrogen-bond acceptors (Lipinski definition) is 3. The van der Waals surface area contributed by atoms with E-state index in [1.165, 1.54) is 4.90 Å². The molecular weight excluding hydrogens is 232 g/mol. The second-order valence-corrected chi connectivity index (χ2v) is 4.24. The first-order chi connectivity index (χ1) is 8.40. The molecule has 1 aromatic carbocycles. The highest BCUT2D eigenvalue weighted by molar-refractivity contribution is 5.92. The van der Waals surface area contributed by atoms with Crippen molar-refractivity contribution in [3.63, 3.8) is 0 Å². The van der Waals surface area contributed by atoms with Gasteiger partial charge in [-0.25, -0.2) is 4.79 Å². The summed E-state index contributed by atoms with van der Waals surface area (Å²) in [7, 11) is 0. The number of carbonyl (C=O) groups is 2. The van der Waals surface area contributed by atoms with Crippen LogP contribution in [0.4, 0.5) is 16.2 Å². The maximum absolute atomic E-state index is 12.0. The Balaban J connectivity index is 2.72. The Morgan fingerprint density at radius 2 is 1.83 bits per heavy atom. The minimum atomic E-state index is -0.545. The molecule has 0 aromatic heterocycles. The molecule has 6 nitrogen and oxygen atoms in total. The highest BCUT2D eigenvalue weighted by Gasteiger charge is 2.18. The zero-order valence-electron chi connectivity index (χ0n) is 10.5. The number of nitrogens with two attached hydrogens (primary N) is 2. The molecule has 0 radical (unpaired) electrons. The SMILES string of the molecule is CC(C)N(CC(N)=O)C(=O)Nc1ccc(N)cc1. The van der Waals surface area contributed by atoms with Gasteiger partial charge in [-0.3, -0.25) is 4.79 Å². The normalized spacial score (nSPS) is 10.2. The second kappa shape index (κ2) is 5.90. The molecule has 3 amide bonds. The van der Waals surface area contributed by atoms with Gasteiger partial charge in [-0.05, 0) is 38.1 Å². The summed E-state index contributed by atoms with van der Waals surface area (Å²) >= 11 is 0. The zero-order chi connectivity index (χ0) is 13.7. The summed E-state index contributed by atoms with van der Waals surface area (Å²) in [5.41, 5.74) is 11.9. The topological polar surface area (TPSA) is 101 Å². The predicted molar refractivity (Wildman–Crippen MR) is 70.9 cm³/mol. The fourth-order valence-corrected chi connectivity index (χ4v) is 1.42. The van der Waals surface area contributed by atoms with Gasteiger partial charge in [-0.15, -0.1) is 0 Å². The third-order valence-electron chi connectivity index (χ3n) is 2.37. The van der Waals surface area contributed by atoms with Gasteiger partial charge in [-0.2, -0.15) is 0 Å². The third-order valence-corrected chi connectivity index (χ3v) is 2.37. The van der Waals surface area contributed by atoms with E-state index in [2.05, 4.69) is 5.32 Å². The van der Waals surface area contributed by atoms with Crippen LogP contribution in [0.3, 0.4) is 0 Å². The van der Waals surface area contributed by atoms with E-state index in [1.807, 2.05) is 13.8 Å². The summed E-state index contributed by atoms with van der Waals surface area (Å²) in [6.45, 7) is 3.51. The van der Waals surface area contributed by atoms with Crippen LogP contribution in [-0.2, 0) is 4.79 Å². The molecule has 5 N–H and O–H groups in total. The van der Waals surface area contributed by atoms with Crippen molar-refractivity contribution >= 4 is 23.3 Å². The quantitative estimate of drug-likeness (QED) is 0.694. The van der Waals surface area contributed by atoms with Crippen molar-refractivity contribution in [3.8, 4) is 0 Å². The fraction of sp³-hybridized carbons (Fsp3) is 0.333. The first-order valence-corrected chi connectivity index (χ1v) is 5.61. The van der Waals surface area contributed by atoms with Crippen LogP contribution in [0.15, 0.2) is 24.3 Å². The van der Waals surface area contributed by atoms with Crippen molar-refractivity contribution in [1.29, 1.82) is 0 Å². The lowest BCUT2D eigenvalue weighted by Gasteiger charge is -2.25. The molecule has 0 saturated heterocycles. The number of nitrogens with one attached hydrogen (secondary N) is 1. The van der Waals surface area contributed by atoms with Crippen molar-refractivity contribution < 1.29 is 9.59 Å². The summed E-state index contributed by atoms with van der Waals surface area (Å²) in [6, 6.07) is 6.26. The Kier molecular flexibility index (Phi) is 4.53. The van der Waals surface area contributed by atoms with Gasteiger partial charge in [0.2, 0.25) is 5.91 Å². The number of hydrogen-bond donors (Lipinski definition) is 3. The summed E-state index contributed by atoms with van der Waals surface area (Å²) in [6.07, 6.45) is 0. The van der Waals surface area contributed by atoms with Crippen LogP contribution in [0.5, 0.6) is 0 Å². The number of nitrogen functional groups attached to an aromatic ring is 1. The molecule has 0 unspecified atom stereocenters. The number of amides is 3. The van der Waals surface area contributed by atoms with E-state index in [0.717, 1.165) is 0 Å². The van der Waals surface area contributed by atoms with Gasteiger partial charge in [0.15, 0.2) is 0 Å². The lowest BCUT2D eigenvalue weighted by molar-refractivity contribution is -0.118. The number of primary amides is 1. The minimum absolute atomic E-state index is 0.113. The van der Waals surface area contributed by atoms with E-state index < -0.39 is 5.91 Å². The fourth-order valence-electron chi connectivity index (χ4n) is 1.42. The maximum Gasteiger partial charge on any atom is 0.322 e. The third kappa shape index (κ3) is 3.97. The summed E-state index contributed by atoms with van der Waals surface area (Å²) < 4.78 is 0. The largest absolute Gasteiger partial charge is 0.399 e. The van der Waals surface area contributed by atoms with Crippen LogP contribution in [0.2, 0.25) is 0 Å². The van der Waals surface area contributed by atoms with Crippen molar-refractivity contribution in [1.82, 2.24) is 4.90 Å². The van der Waals surface area contributed by atoms with Gasteiger partial charge < -0.3 is 21.7 Å². The van der Waals surface area contributed by atoms with Crippen molar-refractivity contribution in [2.75, 3.05) is 17.6 Å². The van der Waals surface area contributed by atoms with Gasteiger partial charge in [0.1, 0.15) is 6.54 Å². The van der Waals surface area contributed by atoms with E-state index >= 15 is 0 Å². The molecule has 1 rings (SSSR count). The number of urea groups is 1. The van der Waals surface area contributed by atoms with E-state index in [0.29, 0.717) is 11.4 Å². The Labute approximate surface area is 106 Å². The van der Waals surface area contributed by atoms with Crippen molar-refractivity contribution in [3.05, 3.63) is 24.3 Å². The Bertz CT molecular complexity index is 428. The van der Waals surface area contributed by atoms with Gasteiger partial charge in [0.05, 0.1) is 0 Å².